The minimum Gasteiger partial charge on any atom is -0.299 e. The zero-order chi connectivity index (χ0) is 12.2. The monoisotopic (exact) mass is 215 g/mol. The third-order valence-corrected chi connectivity index (χ3v) is 2.56. The van der Waals surface area contributed by atoms with Gasteiger partial charge in [0.1, 0.15) is 5.78 Å². The van der Waals surface area contributed by atoms with Crippen molar-refractivity contribution in [1.82, 2.24) is 0 Å². The highest BCUT2D eigenvalue weighted by molar-refractivity contribution is 5.83. The summed E-state index contributed by atoms with van der Waals surface area (Å²) in [4.78, 5) is 11.7. The molecule has 1 rings (SSSR count). The van der Waals surface area contributed by atoms with Crippen molar-refractivity contribution in [2.45, 2.75) is 33.6 Å². The molecular weight excluding hydrogens is 198 g/mol. The second-order valence-electron chi connectivity index (χ2n) is 4.98. The normalized spacial score (nSPS) is 10.9. The molecule has 2 nitrogen and oxygen atoms in total. The van der Waals surface area contributed by atoms with Crippen LogP contribution >= 0.6 is 0 Å². The summed E-state index contributed by atoms with van der Waals surface area (Å²) in [6.07, 6.45) is 1.32. The second kappa shape index (κ2) is 4.94. The number of nitriles is 1. The fourth-order valence-corrected chi connectivity index (χ4v) is 1.38. The van der Waals surface area contributed by atoms with Gasteiger partial charge in [-0.15, -0.1) is 0 Å². The van der Waals surface area contributed by atoms with Crippen molar-refractivity contribution in [1.29, 1.82) is 5.26 Å². The van der Waals surface area contributed by atoms with E-state index in [1.807, 2.05) is 32.9 Å². The Morgan fingerprint density at radius 3 is 2.25 bits per heavy atom. The molecule has 0 unspecified atom stereocenters. The van der Waals surface area contributed by atoms with Crippen LogP contribution in [0.3, 0.4) is 0 Å². The van der Waals surface area contributed by atoms with E-state index in [1.54, 1.807) is 12.1 Å². The first-order chi connectivity index (χ1) is 7.43. The Balaban J connectivity index is 2.56. The second-order valence-corrected chi connectivity index (χ2v) is 4.98. The number of carbonyl (C=O) groups excluding carboxylic acids is 1. The van der Waals surface area contributed by atoms with E-state index in [0.29, 0.717) is 12.0 Å². The third-order valence-electron chi connectivity index (χ3n) is 2.56. The van der Waals surface area contributed by atoms with Crippen LogP contribution in [-0.2, 0) is 11.2 Å². The predicted octanol–water partition coefficient (Wildman–Crippen LogP) is 3.11. The fourth-order valence-electron chi connectivity index (χ4n) is 1.38. The Kier molecular flexibility index (Phi) is 3.84. The van der Waals surface area contributed by atoms with Gasteiger partial charge in [-0.05, 0) is 24.1 Å². The molecule has 0 N–H and O–H groups in total. The van der Waals surface area contributed by atoms with Gasteiger partial charge in [0.15, 0.2) is 0 Å². The van der Waals surface area contributed by atoms with Crippen LogP contribution in [0.2, 0.25) is 0 Å². The molecular formula is C14H17NO. The summed E-state index contributed by atoms with van der Waals surface area (Å²) < 4.78 is 0. The summed E-state index contributed by atoms with van der Waals surface area (Å²) in [6, 6.07) is 9.48. The highest BCUT2D eigenvalue weighted by atomic mass is 16.1. The molecule has 0 saturated carbocycles. The largest absolute Gasteiger partial charge is 0.299 e. The zero-order valence-corrected chi connectivity index (χ0v) is 10.1. The number of rotatable bonds is 3. The minimum absolute atomic E-state index is 0.257. The van der Waals surface area contributed by atoms with Gasteiger partial charge >= 0.3 is 0 Å². The van der Waals surface area contributed by atoms with Gasteiger partial charge in [-0.3, -0.25) is 4.79 Å². The highest BCUT2D eigenvalue weighted by Crippen LogP contribution is 2.18. The lowest BCUT2D eigenvalue weighted by Gasteiger charge is -2.16. The summed E-state index contributed by atoms with van der Waals surface area (Å²) in [5, 5.41) is 8.65. The maximum Gasteiger partial charge on any atom is 0.138 e. The molecule has 16 heavy (non-hydrogen) atoms. The Morgan fingerprint density at radius 1 is 1.25 bits per heavy atom. The van der Waals surface area contributed by atoms with E-state index in [0.717, 1.165) is 12.0 Å². The van der Waals surface area contributed by atoms with E-state index in [2.05, 4.69) is 6.07 Å². The van der Waals surface area contributed by atoms with E-state index in [9.17, 15) is 4.79 Å². The molecule has 0 aliphatic carbocycles. The molecule has 1 aromatic carbocycles. The Labute approximate surface area is 96.9 Å². The zero-order valence-electron chi connectivity index (χ0n) is 10.1. The van der Waals surface area contributed by atoms with Crippen LogP contribution in [0.15, 0.2) is 24.3 Å². The molecule has 84 valence electrons. The van der Waals surface area contributed by atoms with Crippen LogP contribution in [0, 0.1) is 16.7 Å². The lowest BCUT2D eigenvalue weighted by atomic mass is 9.87. The topological polar surface area (TPSA) is 40.9 Å². The Bertz CT molecular complexity index is 404. The number of carbonyl (C=O) groups is 1. The molecule has 0 spiro atoms. The van der Waals surface area contributed by atoms with E-state index < -0.39 is 0 Å². The molecule has 0 amide bonds. The van der Waals surface area contributed by atoms with Crippen LogP contribution in [0.25, 0.3) is 0 Å². The summed E-state index contributed by atoms with van der Waals surface area (Å²) in [5.41, 5.74) is 1.51. The fraction of sp³-hybridized carbons (Fsp3) is 0.429. The number of hydrogen-bond acceptors (Lipinski definition) is 2. The maximum atomic E-state index is 11.7. The first kappa shape index (κ1) is 12.4. The van der Waals surface area contributed by atoms with E-state index in [1.165, 1.54) is 0 Å². The van der Waals surface area contributed by atoms with E-state index in [-0.39, 0.29) is 11.2 Å². The quantitative estimate of drug-likeness (QED) is 0.777. The SMILES string of the molecule is CC(C)(C)C(=O)CCc1ccc(C#N)cc1. The number of benzene rings is 1. The van der Waals surface area contributed by atoms with E-state index >= 15 is 0 Å². The smallest absolute Gasteiger partial charge is 0.138 e. The average molecular weight is 215 g/mol. The summed E-state index contributed by atoms with van der Waals surface area (Å²) in [5.74, 6) is 0.275. The van der Waals surface area contributed by atoms with Gasteiger partial charge in [0, 0.05) is 11.8 Å². The summed E-state index contributed by atoms with van der Waals surface area (Å²) in [6.45, 7) is 5.82. The first-order valence-electron chi connectivity index (χ1n) is 5.46. The van der Waals surface area contributed by atoms with Crippen molar-refractivity contribution in [2.75, 3.05) is 0 Å². The molecule has 0 aliphatic rings. The van der Waals surface area contributed by atoms with Crippen LogP contribution in [0.1, 0.15) is 38.3 Å². The highest BCUT2D eigenvalue weighted by Gasteiger charge is 2.20. The average Bonchev–Trinajstić information content (AvgIpc) is 2.25. The number of ketones is 1. The van der Waals surface area contributed by atoms with Gasteiger partial charge in [-0.2, -0.15) is 5.26 Å². The molecule has 0 atom stereocenters. The van der Waals surface area contributed by atoms with Crippen molar-refractivity contribution in [2.24, 2.45) is 5.41 Å². The number of hydrogen-bond donors (Lipinski definition) is 0. The molecule has 0 bridgehead atoms. The lowest BCUT2D eigenvalue weighted by molar-refractivity contribution is -0.126. The lowest BCUT2D eigenvalue weighted by Crippen LogP contribution is -2.20. The van der Waals surface area contributed by atoms with Crippen LogP contribution in [0.4, 0.5) is 0 Å². The number of nitrogens with zero attached hydrogens (tertiary/aromatic N) is 1. The van der Waals surface area contributed by atoms with Gasteiger partial charge in [-0.1, -0.05) is 32.9 Å². The van der Waals surface area contributed by atoms with Gasteiger partial charge < -0.3 is 0 Å². The third kappa shape index (κ3) is 3.51. The standard InChI is InChI=1S/C14H17NO/c1-14(2,3)13(16)9-8-11-4-6-12(10-15)7-5-11/h4-7H,8-9H2,1-3H3. The molecule has 1 aromatic rings. The van der Waals surface area contributed by atoms with Gasteiger partial charge in [0.25, 0.3) is 0 Å². The van der Waals surface area contributed by atoms with Crippen molar-refractivity contribution in [3.05, 3.63) is 35.4 Å². The number of Topliss-reactive ketones (excluding diaryl/α,β-unsaturated/α-hetero) is 1. The number of aryl methyl sites for hydroxylation is 1. The molecule has 2 heteroatoms. The van der Waals surface area contributed by atoms with Crippen molar-refractivity contribution in [3.8, 4) is 6.07 Å². The van der Waals surface area contributed by atoms with E-state index in [4.69, 9.17) is 5.26 Å². The first-order valence-corrected chi connectivity index (χ1v) is 5.46. The van der Waals surface area contributed by atoms with Crippen molar-refractivity contribution in [3.63, 3.8) is 0 Å². The molecule has 0 heterocycles. The van der Waals surface area contributed by atoms with Crippen LogP contribution in [-0.4, -0.2) is 5.78 Å². The van der Waals surface area contributed by atoms with Gasteiger partial charge in [-0.25, -0.2) is 0 Å². The maximum absolute atomic E-state index is 11.7. The molecule has 0 radical (unpaired) electrons. The van der Waals surface area contributed by atoms with Crippen LogP contribution in [0.5, 0.6) is 0 Å². The summed E-state index contributed by atoms with van der Waals surface area (Å²) >= 11 is 0. The Hall–Kier alpha value is -1.62. The van der Waals surface area contributed by atoms with Crippen molar-refractivity contribution >= 4 is 5.78 Å². The molecule has 0 aliphatic heterocycles. The van der Waals surface area contributed by atoms with Gasteiger partial charge in [0.05, 0.1) is 11.6 Å². The predicted molar refractivity (Wildman–Crippen MR) is 63.9 cm³/mol. The minimum atomic E-state index is -0.257. The summed E-state index contributed by atoms with van der Waals surface area (Å²) in [7, 11) is 0. The van der Waals surface area contributed by atoms with Gasteiger partial charge in [0.2, 0.25) is 0 Å². The molecule has 0 aromatic heterocycles. The van der Waals surface area contributed by atoms with Crippen LogP contribution < -0.4 is 0 Å². The Morgan fingerprint density at radius 2 is 1.81 bits per heavy atom. The van der Waals surface area contributed by atoms with Crippen molar-refractivity contribution < 1.29 is 4.79 Å². The molecule has 0 fully saturated rings. The molecule has 0 saturated heterocycles.